The molecule has 0 saturated heterocycles. The molecule has 3 nitrogen and oxygen atoms in total. The van der Waals surface area contributed by atoms with Gasteiger partial charge in [0.1, 0.15) is 5.82 Å². The third-order valence-corrected chi connectivity index (χ3v) is 1.44. The van der Waals surface area contributed by atoms with Crippen LogP contribution in [0.5, 0.6) is 0 Å². The first-order valence-corrected chi connectivity index (χ1v) is 3.48. The molecule has 1 rings (SSSR count). The lowest BCUT2D eigenvalue weighted by molar-refractivity contribution is 0.613. The van der Waals surface area contributed by atoms with Crippen molar-refractivity contribution in [1.82, 2.24) is 4.98 Å². The van der Waals surface area contributed by atoms with Crippen molar-refractivity contribution < 1.29 is 4.39 Å². The highest BCUT2D eigenvalue weighted by atomic mass is 19.1. The molecule has 0 radical (unpaired) electrons. The molecule has 0 amide bonds. The zero-order valence-electron chi connectivity index (χ0n) is 6.37. The monoisotopic (exact) mass is 165 g/mol. The van der Waals surface area contributed by atoms with E-state index in [0.717, 1.165) is 6.20 Å². The van der Waals surface area contributed by atoms with Crippen LogP contribution < -0.4 is 5.73 Å². The fourth-order valence-corrected chi connectivity index (χ4v) is 0.810. The van der Waals surface area contributed by atoms with Gasteiger partial charge in [-0.2, -0.15) is 5.26 Å². The molecule has 0 aliphatic heterocycles. The summed E-state index contributed by atoms with van der Waals surface area (Å²) in [5.41, 5.74) is 6.09. The molecular weight excluding hydrogens is 157 g/mol. The fraction of sp³-hybridized carbons (Fsp3) is 0.250. The van der Waals surface area contributed by atoms with Crippen molar-refractivity contribution in [3.05, 3.63) is 29.8 Å². The van der Waals surface area contributed by atoms with Gasteiger partial charge < -0.3 is 5.73 Å². The van der Waals surface area contributed by atoms with Crippen LogP contribution in [0.1, 0.15) is 18.2 Å². The zero-order chi connectivity index (χ0) is 8.97. The van der Waals surface area contributed by atoms with Gasteiger partial charge in [-0.05, 0) is 12.1 Å². The topological polar surface area (TPSA) is 62.7 Å². The molecule has 12 heavy (non-hydrogen) atoms. The van der Waals surface area contributed by atoms with Crippen LogP contribution in [0.2, 0.25) is 0 Å². The van der Waals surface area contributed by atoms with Crippen molar-refractivity contribution in [3.8, 4) is 6.07 Å². The van der Waals surface area contributed by atoms with E-state index < -0.39 is 11.9 Å². The normalized spacial score (nSPS) is 12.1. The molecule has 0 aromatic carbocycles. The SMILES string of the molecule is N#CCC(N)c1ccc(F)cn1. The Balaban J connectivity index is 2.76. The molecular formula is C8H8FN3. The van der Waals surface area contributed by atoms with E-state index in [9.17, 15) is 4.39 Å². The Kier molecular flexibility index (Phi) is 2.72. The minimum Gasteiger partial charge on any atom is -0.322 e. The minimum absolute atomic E-state index is 0.193. The van der Waals surface area contributed by atoms with Crippen LogP contribution >= 0.6 is 0 Å². The van der Waals surface area contributed by atoms with Gasteiger partial charge in [0, 0.05) is 0 Å². The molecule has 1 atom stereocenters. The van der Waals surface area contributed by atoms with E-state index in [4.69, 9.17) is 11.0 Å². The van der Waals surface area contributed by atoms with E-state index in [1.807, 2.05) is 6.07 Å². The van der Waals surface area contributed by atoms with Crippen LogP contribution in [-0.4, -0.2) is 4.98 Å². The summed E-state index contributed by atoms with van der Waals surface area (Å²) in [6.45, 7) is 0. The molecule has 1 aromatic rings. The smallest absolute Gasteiger partial charge is 0.141 e. The van der Waals surface area contributed by atoms with Gasteiger partial charge in [0.25, 0.3) is 0 Å². The van der Waals surface area contributed by atoms with E-state index in [1.165, 1.54) is 12.1 Å². The minimum atomic E-state index is -0.421. The lowest BCUT2D eigenvalue weighted by Crippen LogP contribution is -2.10. The van der Waals surface area contributed by atoms with E-state index >= 15 is 0 Å². The Morgan fingerprint density at radius 1 is 1.67 bits per heavy atom. The average Bonchev–Trinajstić information content (AvgIpc) is 2.06. The maximum absolute atomic E-state index is 12.4. The summed E-state index contributed by atoms with van der Waals surface area (Å²) in [5, 5.41) is 8.32. The van der Waals surface area contributed by atoms with E-state index in [2.05, 4.69) is 4.98 Å². The highest BCUT2D eigenvalue weighted by Gasteiger charge is 2.05. The van der Waals surface area contributed by atoms with Crippen LogP contribution in [0, 0.1) is 17.1 Å². The van der Waals surface area contributed by atoms with Gasteiger partial charge in [0.05, 0.1) is 30.4 Å². The molecule has 4 heteroatoms. The van der Waals surface area contributed by atoms with Gasteiger partial charge in [-0.25, -0.2) is 4.39 Å². The quantitative estimate of drug-likeness (QED) is 0.714. The highest BCUT2D eigenvalue weighted by molar-refractivity contribution is 5.10. The summed E-state index contributed by atoms with van der Waals surface area (Å²) in [6.07, 6.45) is 1.28. The molecule has 62 valence electrons. The molecule has 1 aromatic heterocycles. The third kappa shape index (κ3) is 2.01. The first kappa shape index (κ1) is 8.62. The number of hydrogen-bond acceptors (Lipinski definition) is 3. The van der Waals surface area contributed by atoms with Crippen LogP contribution in [0.25, 0.3) is 0 Å². The van der Waals surface area contributed by atoms with E-state index in [-0.39, 0.29) is 6.42 Å². The standard InChI is InChI=1S/C8H8FN3/c9-6-1-2-8(12-5-6)7(11)3-4-10/h1-2,5,7H,3,11H2. The van der Waals surface area contributed by atoms with Crippen LogP contribution in [-0.2, 0) is 0 Å². The summed E-state index contributed by atoms with van der Waals surface area (Å²) < 4.78 is 12.4. The molecule has 2 N–H and O–H groups in total. The summed E-state index contributed by atoms with van der Waals surface area (Å²) >= 11 is 0. The molecule has 0 fully saturated rings. The number of pyridine rings is 1. The lowest BCUT2D eigenvalue weighted by Gasteiger charge is -2.04. The Morgan fingerprint density at radius 2 is 2.42 bits per heavy atom. The molecule has 1 unspecified atom stereocenters. The Labute approximate surface area is 69.6 Å². The van der Waals surface area contributed by atoms with Crippen molar-refractivity contribution in [3.63, 3.8) is 0 Å². The molecule has 1 heterocycles. The Hall–Kier alpha value is -1.47. The second-order valence-corrected chi connectivity index (χ2v) is 2.37. The molecule has 0 bridgehead atoms. The fourth-order valence-electron chi connectivity index (χ4n) is 0.810. The van der Waals surface area contributed by atoms with Gasteiger partial charge in [0.15, 0.2) is 0 Å². The van der Waals surface area contributed by atoms with Crippen LogP contribution in [0.4, 0.5) is 4.39 Å². The Morgan fingerprint density at radius 3 is 2.92 bits per heavy atom. The second kappa shape index (κ2) is 3.79. The van der Waals surface area contributed by atoms with E-state index in [0.29, 0.717) is 5.69 Å². The molecule has 0 aliphatic carbocycles. The van der Waals surface area contributed by atoms with Crippen molar-refractivity contribution in [2.75, 3.05) is 0 Å². The third-order valence-electron chi connectivity index (χ3n) is 1.44. The predicted molar refractivity (Wildman–Crippen MR) is 41.4 cm³/mol. The van der Waals surface area contributed by atoms with Gasteiger partial charge in [-0.15, -0.1) is 0 Å². The van der Waals surface area contributed by atoms with Gasteiger partial charge >= 0.3 is 0 Å². The maximum atomic E-state index is 12.4. The first-order chi connectivity index (χ1) is 5.74. The van der Waals surface area contributed by atoms with Crippen molar-refractivity contribution in [2.45, 2.75) is 12.5 Å². The number of nitrogens with zero attached hydrogens (tertiary/aromatic N) is 2. The highest BCUT2D eigenvalue weighted by Crippen LogP contribution is 2.09. The summed E-state index contributed by atoms with van der Waals surface area (Å²) in [5.74, 6) is -0.400. The summed E-state index contributed by atoms with van der Waals surface area (Å²) in [7, 11) is 0. The van der Waals surface area contributed by atoms with Gasteiger partial charge in [-0.3, -0.25) is 4.98 Å². The molecule has 0 saturated carbocycles. The number of nitriles is 1. The average molecular weight is 165 g/mol. The van der Waals surface area contributed by atoms with Gasteiger partial charge in [-0.1, -0.05) is 0 Å². The summed E-state index contributed by atoms with van der Waals surface area (Å²) in [4.78, 5) is 3.75. The number of aromatic nitrogens is 1. The maximum Gasteiger partial charge on any atom is 0.141 e. The van der Waals surface area contributed by atoms with Crippen molar-refractivity contribution >= 4 is 0 Å². The van der Waals surface area contributed by atoms with E-state index in [1.54, 1.807) is 0 Å². The molecule has 0 spiro atoms. The van der Waals surface area contributed by atoms with Crippen LogP contribution in [0.15, 0.2) is 18.3 Å². The van der Waals surface area contributed by atoms with Gasteiger partial charge in [0.2, 0.25) is 0 Å². The predicted octanol–water partition coefficient (Wildman–Crippen LogP) is 1.13. The Bertz CT molecular complexity index is 288. The first-order valence-electron chi connectivity index (χ1n) is 3.48. The zero-order valence-corrected chi connectivity index (χ0v) is 6.37. The number of nitrogens with two attached hydrogens (primary N) is 1. The largest absolute Gasteiger partial charge is 0.322 e. The van der Waals surface area contributed by atoms with Crippen LogP contribution in [0.3, 0.4) is 0 Å². The number of hydrogen-bond donors (Lipinski definition) is 1. The number of rotatable bonds is 2. The molecule has 0 aliphatic rings. The summed E-state index contributed by atoms with van der Waals surface area (Å²) in [6, 6.07) is 4.26. The van der Waals surface area contributed by atoms with Crippen molar-refractivity contribution in [2.24, 2.45) is 5.73 Å². The lowest BCUT2D eigenvalue weighted by atomic mass is 10.1. The number of halogens is 1. The second-order valence-electron chi connectivity index (χ2n) is 2.37. The van der Waals surface area contributed by atoms with Crippen molar-refractivity contribution in [1.29, 1.82) is 5.26 Å².